The van der Waals surface area contributed by atoms with Crippen molar-refractivity contribution in [3.8, 4) is 11.4 Å². The summed E-state index contributed by atoms with van der Waals surface area (Å²) in [6, 6.07) is 8.74. The number of aromatic nitrogens is 2. The van der Waals surface area contributed by atoms with Crippen LogP contribution in [0, 0.1) is 6.92 Å². The lowest BCUT2D eigenvalue weighted by Crippen LogP contribution is -2.24. The summed E-state index contributed by atoms with van der Waals surface area (Å²) in [6.07, 6.45) is 0.998. The van der Waals surface area contributed by atoms with Crippen LogP contribution < -0.4 is 10.9 Å². The van der Waals surface area contributed by atoms with Gasteiger partial charge in [-0.3, -0.25) is 4.79 Å². The minimum Gasteiger partial charge on any atom is -0.506 e. The molecule has 0 amide bonds. The minimum atomic E-state index is -0.337. The Balaban J connectivity index is 2.41. The second-order valence-corrected chi connectivity index (χ2v) is 4.69. The Kier molecular flexibility index (Phi) is 4.53. The van der Waals surface area contributed by atoms with Crippen LogP contribution in [-0.4, -0.2) is 21.4 Å². The van der Waals surface area contributed by atoms with Crippen molar-refractivity contribution in [1.29, 1.82) is 0 Å². The van der Waals surface area contributed by atoms with Crippen LogP contribution in [0.15, 0.2) is 35.1 Å². The highest BCUT2D eigenvalue weighted by atomic mass is 16.3. The van der Waals surface area contributed by atoms with Crippen LogP contribution in [0.5, 0.6) is 5.75 Å². The molecule has 5 heteroatoms. The van der Waals surface area contributed by atoms with E-state index in [1.54, 1.807) is 0 Å². The Bertz CT molecular complexity index is 650. The molecule has 0 saturated heterocycles. The van der Waals surface area contributed by atoms with Gasteiger partial charge in [0.25, 0.3) is 5.56 Å². The normalized spacial score (nSPS) is 10.7. The summed E-state index contributed by atoms with van der Waals surface area (Å²) in [7, 11) is 0. The third-order valence-electron chi connectivity index (χ3n) is 3.05. The standard InChI is InChI=1S/C15H19N3O2/c1-3-8-16-10-12-14(19)9-15(20)18(17-12)13-7-5-4-6-11(13)2/h4-7,9,16,19H,3,8,10H2,1-2H3. The highest BCUT2D eigenvalue weighted by molar-refractivity contribution is 5.40. The Hall–Kier alpha value is -2.14. The van der Waals surface area contributed by atoms with Gasteiger partial charge >= 0.3 is 0 Å². The van der Waals surface area contributed by atoms with Crippen molar-refractivity contribution in [2.24, 2.45) is 0 Å². The summed E-state index contributed by atoms with van der Waals surface area (Å²) < 4.78 is 1.33. The summed E-state index contributed by atoms with van der Waals surface area (Å²) in [4.78, 5) is 12.0. The van der Waals surface area contributed by atoms with Crippen molar-refractivity contribution in [3.63, 3.8) is 0 Å². The van der Waals surface area contributed by atoms with Gasteiger partial charge in [-0.15, -0.1) is 0 Å². The zero-order valence-corrected chi connectivity index (χ0v) is 11.8. The fraction of sp³-hybridized carbons (Fsp3) is 0.333. The minimum absolute atomic E-state index is 0.0663. The number of aryl methyl sites for hydroxylation is 1. The number of para-hydroxylation sites is 1. The van der Waals surface area contributed by atoms with Gasteiger partial charge in [0.15, 0.2) is 0 Å². The molecule has 2 N–H and O–H groups in total. The van der Waals surface area contributed by atoms with Gasteiger partial charge in [-0.25, -0.2) is 0 Å². The molecule has 2 rings (SSSR count). The van der Waals surface area contributed by atoms with E-state index < -0.39 is 0 Å². The smallest absolute Gasteiger partial charge is 0.275 e. The van der Waals surface area contributed by atoms with Crippen LogP contribution in [0.1, 0.15) is 24.6 Å². The molecule has 1 aromatic carbocycles. The maximum absolute atomic E-state index is 12.0. The number of benzene rings is 1. The fourth-order valence-electron chi connectivity index (χ4n) is 1.97. The summed E-state index contributed by atoms with van der Waals surface area (Å²) in [5.41, 5.74) is 1.83. The monoisotopic (exact) mass is 273 g/mol. The third kappa shape index (κ3) is 3.05. The van der Waals surface area contributed by atoms with Crippen molar-refractivity contribution in [3.05, 3.63) is 51.9 Å². The number of nitrogens with zero attached hydrogens (tertiary/aromatic N) is 2. The van der Waals surface area contributed by atoms with Gasteiger partial charge in [-0.05, 0) is 31.5 Å². The molecule has 0 aliphatic rings. The van der Waals surface area contributed by atoms with E-state index in [1.807, 2.05) is 31.2 Å². The van der Waals surface area contributed by atoms with Crippen molar-refractivity contribution in [1.82, 2.24) is 15.1 Å². The highest BCUT2D eigenvalue weighted by Gasteiger charge is 2.10. The molecule has 0 bridgehead atoms. The molecule has 1 heterocycles. The molecule has 0 saturated carbocycles. The average molecular weight is 273 g/mol. The zero-order valence-electron chi connectivity index (χ0n) is 11.8. The Labute approximate surface area is 117 Å². The molecule has 0 unspecified atom stereocenters. The lowest BCUT2D eigenvalue weighted by Gasteiger charge is -2.11. The molecule has 0 aliphatic heterocycles. The van der Waals surface area contributed by atoms with Crippen LogP contribution in [0.3, 0.4) is 0 Å². The number of rotatable bonds is 5. The third-order valence-corrected chi connectivity index (χ3v) is 3.05. The van der Waals surface area contributed by atoms with E-state index in [-0.39, 0.29) is 11.3 Å². The zero-order chi connectivity index (χ0) is 14.5. The van der Waals surface area contributed by atoms with Crippen molar-refractivity contribution in [2.75, 3.05) is 6.54 Å². The topological polar surface area (TPSA) is 67.2 Å². The van der Waals surface area contributed by atoms with Gasteiger partial charge in [-0.1, -0.05) is 25.1 Å². The predicted molar refractivity (Wildman–Crippen MR) is 78.2 cm³/mol. The van der Waals surface area contributed by atoms with E-state index in [0.29, 0.717) is 12.2 Å². The molecule has 1 aromatic heterocycles. The van der Waals surface area contributed by atoms with Crippen LogP contribution in [0.4, 0.5) is 0 Å². The highest BCUT2D eigenvalue weighted by Crippen LogP contribution is 2.14. The van der Waals surface area contributed by atoms with Gasteiger partial charge in [0.05, 0.1) is 5.69 Å². The molecule has 2 aromatic rings. The summed E-state index contributed by atoms with van der Waals surface area (Å²) in [5, 5.41) is 17.2. The molecule has 0 radical (unpaired) electrons. The van der Waals surface area contributed by atoms with E-state index in [9.17, 15) is 9.90 Å². The van der Waals surface area contributed by atoms with Gasteiger partial charge in [-0.2, -0.15) is 9.78 Å². The van der Waals surface area contributed by atoms with E-state index >= 15 is 0 Å². The van der Waals surface area contributed by atoms with Gasteiger partial charge < -0.3 is 10.4 Å². The summed E-state index contributed by atoms with van der Waals surface area (Å²) in [5.74, 6) is -0.0663. The Morgan fingerprint density at radius 3 is 2.80 bits per heavy atom. The molecule has 0 spiro atoms. The molecule has 106 valence electrons. The molecular weight excluding hydrogens is 254 g/mol. The number of hydrogen-bond donors (Lipinski definition) is 2. The first-order valence-electron chi connectivity index (χ1n) is 6.72. The first-order chi connectivity index (χ1) is 9.63. The molecule has 5 nitrogen and oxygen atoms in total. The molecule has 20 heavy (non-hydrogen) atoms. The van der Waals surface area contributed by atoms with Gasteiger partial charge in [0.2, 0.25) is 0 Å². The van der Waals surface area contributed by atoms with Crippen molar-refractivity contribution < 1.29 is 5.11 Å². The predicted octanol–water partition coefficient (Wildman–Crippen LogP) is 1.75. The van der Waals surface area contributed by atoms with Crippen LogP contribution in [-0.2, 0) is 6.54 Å². The number of aromatic hydroxyl groups is 1. The molecule has 0 atom stereocenters. The second-order valence-electron chi connectivity index (χ2n) is 4.69. The van der Waals surface area contributed by atoms with Crippen molar-refractivity contribution >= 4 is 0 Å². The average Bonchev–Trinajstić information content (AvgIpc) is 2.42. The number of nitrogens with one attached hydrogen (secondary N) is 1. The fourth-order valence-corrected chi connectivity index (χ4v) is 1.97. The first kappa shape index (κ1) is 14.3. The summed E-state index contributed by atoms with van der Waals surface area (Å²) in [6.45, 7) is 5.26. The van der Waals surface area contributed by atoms with Crippen molar-refractivity contribution in [2.45, 2.75) is 26.8 Å². The maximum atomic E-state index is 12.0. The maximum Gasteiger partial charge on any atom is 0.275 e. The van der Waals surface area contributed by atoms with E-state index in [1.165, 1.54) is 10.7 Å². The summed E-state index contributed by atoms with van der Waals surface area (Å²) >= 11 is 0. The quantitative estimate of drug-likeness (QED) is 0.814. The lowest BCUT2D eigenvalue weighted by atomic mass is 10.2. The lowest BCUT2D eigenvalue weighted by molar-refractivity contribution is 0.451. The van der Waals surface area contributed by atoms with Crippen LogP contribution in [0.25, 0.3) is 5.69 Å². The van der Waals surface area contributed by atoms with E-state index in [0.717, 1.165) is 24.2 Å². The molecule has 0 aliphatic carbocycles. The van der Waals surface area contributed by atoms with E-state index in [4.69, 9.17) is 0 Å². The Morgan fingerprint density at radius 1 is 1.35 bits per heavy atom. The first-order valence-corrected chi connectivity index (χ1v) is 6.72. The Morgan fingerprint density at radius 2 is 2.10 bits per heavy atom. The molecular formula is C15H19N3O2. The van der Waals surface area contributed by atoms with E-state index in [2.05, 4.69) is 17.3 Å². The van der Waals surface area contributed by atoms with Crippen LogP contribution >= 0.6 is 0 Å². The van der Waals surface area contributed by atoms with Gasteiger partial charge in [0, 0.05) is 12.6 Å². The second kappa shape index (κ2) is 6.34. The SMILES string of the molecule is CCCNCc1nn(-c2ccccc2C)c(=O)cc1O. The van der Waals surface area contributed by atoms with Crippen LogP contribution in [0.2, 0.25) is 0 Å². The number of hydrogen-bond acceptors (Lipinski definition) is 4. The molecule has 0 fully saturated rings. The largest absolute Gasteiger partial charge is 0.506 e. The van der Waals surface area contributed by atoms with Gasteiger partial charge in [0.1, 0.15) is 11.4 Å².